The van der Waals surface area contributed by atoms with Crippen molar-refractivity contribution in [3.05, 3.63) is 0 Å². The van der Waals surface area contributed by atoms with E-state index in [1.807, 2.05) is 6.07 Å². The molecule has 0 rings (SSSR count). The van der Waals surface area contributed by atoms with E-state index in [1.54, 1.807) is 13.8 Å². The van der Waals surface area contributed by atoms with Gasteiger partial charge in [0.1, 0.15) is 0 Å². The van der Waals surface area contributed by atoms with Crippen LogP contribution in [0.1, 0.15) is 33.1 Å². The largest absolute Gasteiger partial charge is 0.465 e. The monoisotopic (exact) mass is 247 g/mol. The van der Waals surface area contributed by atoms with Crippen LogP contribution in [0.4, 0.5) is 0 Å². The number of hydrogen-bond donors (Lipinski definition) is 0. The highest BCUT2D eigenvalue weighted by Crippen LogP contribution is 2.11. The SMILES string of the molecule is CCOC(=O)C(CC)S(=O)(=O)CCCC#N. The van der Waals surface area contributed by atoms with Crippen LogP contribution >= 0.6 is 0 Å². The van der Waals surface area contributed by atoms with Gasteiger partial charge in [-0.2, -0.15) is 5.26 Å². The Labute approximate surface area is 96.3 Å². The van der Waals surface area contributed by atoms with Crippen molar-refractivity contribution in [3.8, 4) is 6.07 Å². The third-order valence-corrected chi connectivity index (χ3v) is 4.32. The lowest BCUT2D eigenvalue weighted by molar-refractivity contribution is -0.142. The van der Waals surface area contributed by atoms with E-state index in [-0.39, 0.29) is 31.6 Å². The molecule has 0 aromatic rings. The minimum Gasteiger partial charge on any atom is -0.465 e. The van der Waals surface area contributed by atoms with Crippen molar-refractivity contribution in [1.29, 1.82) is 5.26 Å². The van der Waals surface area contributed by atoms with Crippen LogP contribution in [0.3, 0.4) is 0 Å². The first kappa shape index (κ1) is 14.9. The predicted molar refractivity (Wildman–Crippen MR) is 59.3 cm³/mol. The fraction of sp³-hybridized carbons (Fsp3) is 0.800. The number of unbranched alkanes of at least 4 members (excludes halogenated alkanes) is 1. The molecule has 6 heteroatoms. The molecule has 0 amide bonds. The van der Waals surface area contributed by atoms with Crippen LogP contribution in [0.2, 0.25) is 0 Å². The summed E-state index contributed by atoms with van der Waals surface area (Å²) >= 11 is 0. The lowest BCUT2D eigenvalue weighted by Gasteiger charge is -2.13. The van der Waals surface area contributed by atoms with Crippen molar-refractivity contribution in [3.63, 3.8) is 0 Å². The quantitative estimate of drug-likeness (QED) is 0.496. The van der Waals surface area contributed by atoms with E-state index in [2.05, 4.69) is 0 Å². The van der Waals surface area contributed by atoms with Crippen LogP contribution in [0.25, 0.3) is 0 Å². The van der Waals surface area contributed by atoms with E-state index >= 15 is 0 Å². The maximum atomic E-state index is 11.7. The van der Waals surface area contributed by atoms with E-state index < -0.39 is 21.1 Å². The Morgan fingerprint density at radius 1 is 1.44 bits per heavy atom. The topological polar surface area (TPSA) is 84.2 Å². The van der Waals surface area contributed by atoms with Crippen molar-refractivity contribution in [1.82, 2.24) is 0 Å². The van der Waals surface area contributed by atoms with Gasteiger partial charge in [0.05, 0.1) is 18.4 Å². The first-order chi connectivity index (χ1) is 7.49. The number of carbonyl (C=O) groups excluding carboxylic acids is 1. The van der Waals surface area contributed by atoms with Crippen molar-refractivity contribution in [2.24, 2.45) is 0 Å². The Balaban J connectivity index is 4.56. The average Bonchev–Trinajstić information content (AvgIpc) is 2.18. The molecule has 0 N–H and O–H groups in total. The first-order valence-electron chi connectivity index (χ1n) is 5.24. The van der Waals surface area contributed by atoms with Crippen molar-refractivity contribution in [2.75, 3.05) is 12.4 Å². The molecule has 0 saturated heterocycles. The predicted octanol–water partition coefficient (Wildman–Crippen LogP) is 1.05. The van der Waals surface area contributed by atoms with E-state index in [0.717, 1.165) is 0 Å². The summed E-state index contributed by atoms with van der Waals surface area (Å²) in [6, 6.07) is 1.87. The number of nitriles is 1. The smallest absolute Gasteiger partial charge is 0.324 e. The molecule has 1 atom stereocenters. The minimum absolute atomic E-state index is 0.141. The third kappa shape index (κ3) is 4.62. The summed E-state index contributed by atoms with van der Waals surface area (Å²) in [7, 11) is -3.49. The number of nitrogens with zero attached hydrogens (tertiary/aromatic N) is 1. The van der Waals surface area contributed by atoms with Gasteiger partial charge < -0.3 is 4.74 Å². The highest BCUT2D eigenvalue weighted by atomic mass is 32.2. The van der Waals surface area contributed by atoms with E-state index in [9.17, 15) is 13.2 Å². The Kier molecular flexibility index (Phi) is 6.74. The van der Waals surface area contributed by atoms with Crippen molar-refractivity contribution < 1.29 is 17.9 Å². The van der Waals surface area contributed by atoms with E-state index in [1.165, 1.54) is 0 Å². The number of carbonyl (C=O) groups is 1. The van der Waals surface area contributed by atoms with Gasteiger partial charge in [0.15, 0.2) is 15.1 Å². The van der Waals surface area contributed by atoms with Gasteiger partial charge in [-0.1, -0.05) is 6.92 Å². The molecule has 1 unspecified atom stereocenters. The number of esters is 1. The average molecular weight is 247 g/mol. The number of sulfone groups is 1. The van der Waals surface area contributed by atoms with Crippen LogP contribution in [0.5, 0.6) is 0 Å². The van der Waals surface area contributed by atoms with Gasteiger partial charge in [-0.25, -0.2) is 8.42 Å². The Hall–Kier alpha value is -1.09. The second-order valence-corrected chi connectivity index (χ2v) is 5.58. The molecule has 0 aliphatic heterocycles. The number of ether oxygens (including phenoxy) is 1. The minimum atomic E-state index is -3.49. The van der Waals surface area contributed by atoms with Crippen LogP contribution < -0.4 is 0 Å². The van der Waals surface area contributed by atoms with Crippen LogP contribution in [-0.2, 0) is 19.4 Å². The lowest BCUT2D eigenvalue weighted by atomic mass is 10.3. The lowest BCUT2D eigenvalue weighted by Crippen LogP contribution is -2.33. The Bertz CT molecular complexity index is 356. The molecule has 16 heavy (non-hydrogen) atoms. The summed E-state index contributed by atoms with van der Waals surface area (Å²) < 4.78 is 28.2. The maximum absolute atomic E-state index is 11.7. The summed E-state index contributed by atoms with van der Waals surface area (Å²) in [4.78, 5) is 11.4. The molecule has 0 aromatic carbocycles. The number of rotatable bonds is 7. The van der Waals surface area contributed by atoms with Crippen LogP contribution in [-0.4, -0.2) is 32.0 Å². The zero-order valence-electron chi connectivity index (χ0n) is 9.60. The summed E-state index contributed by atoms with van der Waals surface area (Å²) in [5.41, 5.74) is 0. The zero-order chi connectivity index (χ0) is 12.6. The second kappa shape index (κ2) is 7.23. The fourth-order valence-corrected chi connectivity index (χ4v) is 3.00. The van der Waals surface area contributed by atoms with Gasteiger partial charge in [0.25, 0.3) is 0 Å². The summed E-state index contributed by atoms with van der Waals surface area (Å²) in [6.07, 6.45) is 0.640. The molecule has 0 bridgehead atoms. The standard InChI is InChI=1S/C10H17NO4S/c1-3-9(10(12)15-4-2)16(13,14)8-6-5-7-11/h9H,3-6,8H2,1-2H3. The molecule has 0 saturated carbocycles. The molecule has 5 nitrogen and oxygen atoms in total. The summed E-state index contributed by atoms with van der Waals surface area (Å²) in [5, 5.41) is 7.22. The molecule has 92 valence electrons. The van der Waals surface area contributed by atoms with Crippen molar-refractivity contribution >= 4 is 15.8 Å². The molecule has 0 aliphatic rings. The molecule has 0 fully saturated rings. The Morgan fingerprint density at radius 2 is 2.06 bits per heavy atom. The zero-order valence-corrected chi connectivity index (χ0v) is 10.4. The van der Waals surface area contributed by atoms with Gasteiger partial charge >= 0.3 is 5.97 Å². The van der Waals surface area contributed by atoms with Gasteiger partial charge in [-0.05, 0) is 19.8 Å². The first-order valence-corrected chi connectivity index (χ1v) is 6.96. The van der Waals surface area contributed by atoms with Gasteiger partial charge in [0.2, 0.25) is 0 Å². The van der Waals surface area contributed by atoms with Crippen LogP contribution in [0, 0.1) is 11.3 Å². The molecule has 0 aliphatic carbocycles. The molecule has 0 spiro atoms. The molecule has 0 radical (unpaired) electrons. The van der Waals surface area contributed by atoms with Crippen molar-refractivity contribution in [2.45, 2.75) is 38.4 Å². The molecule has 0 heterocycles. The van der Waals surface area contributed by atoms with Gasteiger partial charge in [0, 0.05) is 6.42 Å². The summed E-state index contributed by atoms with van der Waals surface area (Å²) in [5.74, 6) is -0.834. The fourth-order valence-electron chi connectivity index (χ4n) is 1.30. The highest BCUT2D eigenvalue weighted by Gasteiger charge is 2.31. The van der Waals surface area contributed by atoms with Gasteiger partial charge in [-0.3, -0.25) is 4.79 Å². The number of hydrogen-bond acceptors (Lipinski definition) is 5. The summed E-state index contributed by atoms with van der Waals surface area (Å²) in [6.45, 7) is 3.43. The van der Waals surface area contributed by atoms with Gasteiger partial charge in [-0.15, -0.1) is 0 Å². The van der Waals surface area contributed by atoms with E-state index in [4.69, 9.17) is 10.00 Å². The maximum Gasteiger partial charge on any atom is 0.324 e. The molecular formula is C10H17NO4S. The Morgan fingerprint density at radius 3 is 2.50 bits per heavy atom. The second-order valence-electron chi connectivity index (χ2n) is 3.28. The highest BCUT2D eigenvalue weighted by molar-refractivity contribution is 7.92. The molecule has 0 aromatic heterocycles. The van der Waals surface area contributed by atoms with Crippen LogP contribution in [0.15, 0.2) is 0 Å². The molecular weight excluding hydrogens is 230 g/mol. The normalized spacial score (nSPS) is 12.8. The third-order valence-electron chi connectivity index (χ3n) is 2.07. The van der Waals surface area contributed by atoms with E-state index in [0.29, 0.717) is 0 Å².